The highest BCUT2D eigenvalue weighted by molar-refractivity contribution is 7.15. The van der Waals surface area contributed by atoms with Crippen molar-refractivity contribution in [1.29, 1.82) is 0 Å². The van der Waals surface area contributed by atoms with Crippen LogP contribution in [0.5, 0.6) is 5.75 Å². The Kier molecular flexibility index (Phi) is 5.27. The predicted octanol–water partition coefficient (Wildman–Crippen LogP) is 2.59. The molecule has 1 aromatic carbocycles. The molecule has 1 saturated heterocycles. The monoisotopic (exact) mass is 348 g/mol. The summed E-state index contributed by atoms with van der Waals surface area (Å²) in [5, 5.41) is 22.3. The molecular formula is C16H20N4O3S. The Morgan fingerprint density at radius 2 is 2.38 bits per heavy atom. The zero-order chi connectivity index (χ0) is 16.9. The molecule has 24 heavy (non-hydrogen) atoms. The van der Waals surface area contributed by atoms with Gasteiger partial charge in [0.2, 0.25) is 5.13 Å². The first kappa shape index (κ1) is 16.7. The third-order valence-corrected chi connectivity index (χ3v) is 4.82. The van der Waals surface area contributed by atoms with Gasteiger partial charge in [0, 0.05) is 18.3 Å². The molecule has 0 aliphatic carbocycles. The van der Waals surface area contributed by atoms with Crippen LogP contribution in [0.1, 0.15) is 17.8 Å². The third-order valence-electron chi connectivity index (χ3n) is 4.00. The number of benzene rings is 1. The maximum Gasteiger partial charge on any atom is 0.307 e. The molecule has 0 spiro atoms. The van der Waals surface area contributed by atoms with E-state index < -0.39 is 5.97 Å². The van der Waals surface area contributed by atoms with Crippen LogP contribution >= 0.6 is 11.3 Å². The van der Waals surface area contributed by atoms with Crippen molar-refractivity contribution in [1.82, 2.24) is 15.1 Å². The molecule has 0 radical (unpaired) electrons. The number of aliphatic carboxylic acids is 1. The van der Waals surface area contributed by atoms with Crippen LogP contribution in [-0.2, 0) is 11.3 Å². The van der Waals surface area contributed by atoms with Crippen molar-refractivity contribution in [2.75, 3.05) is 25.5 Å². The van der Waals surface area contributed by atoms with Gasteiger partial charge in [-0.15, -0.1) is 10.2 Å². The number of carboxylic acid groups (broad SMARTS) is 1. The van der Waals surface area contributed by atoms with Crippen LogP contribution in [0.15, 0.2) is 24.3 Å². The van der Waals surface area contributed by atoms with Crippen LogP contribution in [0.3, 0.4) is 0 Å². The molecule has 7 nitrogen and oxygen atoms in total. The van der Waals surface area contributed by atoms with Gasteiger partial charge in [0.1, 0.15) is 10.8 Å². The van der Waals surface area contributed by atoms with E-state index in [-0.39, 0.29) is 5.92 Å². The smallest absolute Gasteiger partial charge is 0.307 e. The lowest BCUT2D eigenvalue weighted by Crippen LogP contribution is -2.38. The molecule has 1 unspecified atom stereocenters. The second kappa shape index (κ2) is 7.59. The van der Waals surface area contributed by atoms with E-state index in [1.54, 1.807) is 7.11 Å². The quantitative estimate of drug-likeness (QED) is 0.829. The molecule has 0 bridgehead atoms. The van der Waals surface area contributed by atoms with Crippen LogP contribution in [0.2, 0.25) is 0 Å². The Morgan fingerprint density at radius 3 is 3.17 bits per heavy atom. The maximum absolute atomic E-state index is 11.1. The Labute approximate surface area is 144 Å². The molecular weight excluding hydrogens is 328 g/mol. The Hall–Kier alpha value is -2.19. The number of aromatic nitrogens is 2. The van der Waals surface area contributed by atoms with Crippen molar-refractivity contribution >= 4 is 28.1 Å². The number of carbonyl (C=O) groups is 1. The zero-order valence-corrected chi connectivity index (χ0v) is 14.3. The number of ether oxygens (including phenoxy) is 1. The minimum Gasteiger partial charge on any atom is -0.497 e. The first-order chi connectivity index (χ1) is 11.6. The summed E-state index contributed by atoms with van der Waals surface area (Å²) in [6.07, 6.45) is 1.66. The normalized spacial score (nSPS) is 18.3. The van der Waals surface area contributed by atoms with Gasteiger partial charge in [0.05, 0.1) is 19.6 Å². The Bertz CT molecular complexity index is 706. The lowest BCUT2D eigenvalue weighted by Gasteiger charge is -2.29. The van der Waals surface area contributed by atoms with Crippen LogP contribution in [0.4, 0.5) is 10.8 Å². The molecule has 1 aliphatic rings. The maximum atomic E-state index is 11.1. The summed E-state index contributed by atoms with van der Waals surface area (Å²) in [5.74, 6) is -0.212. The SMILES string of the molecule is COc1cccc(Nc2nnc(CN3CCCC(C(=O)O)C3)s2)c1. The Morgan fingerprint density at radius 1 is 1.50 bits per heavy atom. The van der Waals surface area contributed by atoms with Crippen molar-refractivity contribution < 1.29 is 14.6 Å². The van der Waals surface area contributed by atoms with E-state index in [4.69, 9.17) is 9.84 Å². The summed E-state index contributed by atoms with van der Waals surface area (Å²) in [6.45, 7) is 2.12. The Balaban J connectivity index is 1.60. The standard InChI is InChI=1S/C16H20N4O3S/c1-23-13-6-2-5-12(8-13)17-16-19-18-14(24-16)10-20-7-3-4-11(9-20)15(21)22/h2,5-6,8,11H,3-4,7,9-10H2,1H3,(H,17,19)(H,21,22). The molecule has 8 heteroatoms. The number of nitrogens with zero attached hydrogens (tertiary/aromatic N) is 3. The molecule has 2 N–H and O–H groups in total. The average molecular weight is 348 g/mol. The lowest BCUT2D eigenvalue weighted by molar-refractivity contribution is -0.143. The fourth-order valence-corrected chi connectivity index (χ4v) is 3.59. The summed E-state index contributed by atoms with van der Waals surface area (Å²) in [6, 6.07) is 7.61. The lowest BCUT2D eigenvalue weighted by atomic mass is 9.98. The molecule has 1 aliphatic heterocycles. The minimum absolute atomic E-state index is 0.277. The van der Waals surface area contributed by atoms with Crippen molar-refractivity contribution in [2.45, 2.75) is 19.4 Å². The highest BCUT2D eigenvalue weighted by Crippen LogP contribution is 2.25. The summed E-state index contributed by atoms with van der Waals surface area (Å²) < 4.78 is 5.20. The number of likely N-dealkylation sites (tertiary alicyclic amines) is 1. The van der Waals surface area contributed by atoms with Crippen LogP contribution in [-0.4, -0.2) is 46.4 Å². The van der Waals surface area contributed by atoms with E-state index in [0.29, 0.717) is 18.2 Å². The van der Waals surface area contributed by atoms with Gasteiger partial charge in [-0.05, 0) is 31.5 Å². The largest absolute Gasteiger partial charge is 0.497 e. The van der Waals surface area contributed by atoms with Crippen LogP contribution in [0, 0.1) is 5.92 Å². The van der Waals surface area contributed by atoms with Crippen molar-refractivity contribution in [2.24, 2.45) is 5.92 Å². The van der Waals surface area contributed by atoms with Gasteiger partial charge < -0.3 is 15.2 Å². The molecule has 128 valence electrons. The third kappa shape index (κ3) is 4.21. The number of piperidine rings is 1. The summed E-state index contributed by atoms with van der Waals surface area (Å²) in [5.41, 5.74) is 0.890. The highest BCUT2D eigenvalue weighted by atomic mass is 32.1. The molecule has 0 saturated carbocycles. The van der Waals surface area contributed by atoms with Crippen LogP contribution in [0.25, 0.3) is 0 Å². The molecule has 3 rings (SSSR count). The average Bonchev–Trinajstić information content (AvgIpc) is 3.02. The van der Waals surface area contributed by atoms with Gasteiger partial charge in [0.25, 0.3) is 0 Å². The molecule has 0 amide bonds. The number of hydrogen-bond acceptors (Lipinski definition) is 7. The van der Waals surface area contributed by atoms with Gasteiger partial charge in [-0.2, -0.15) is 0 Å². The minimum atomic E-state index is -0.711. The second-order valence-electron chi connectivity index (χ2n) is 5.77. The molecule has 2 aromatic rings. The number of nitrogens with one attached hydrogen (secondary N) is 1. The summed E-state index contributed by atoms with van der Waals surface area (Å²) >= 11 is 1.48. The van der Waals surface area contributed by atoms with E-state index >= 15 is 0 Å². The topological polar surface area (TPSA) is 87.6 Å². The van der Waals surface area contributed by atoms with E-state index in [9.17, 15) is 4.79 Å². The molecule has 2 heterocycles. The van der Waals surface area contributed by atoms with Crippen molar-refractivity contribution in [3.8, 4) is 5.75 Å². The molecule has 1 atom stereocenters. The fraction of sp³-hybridized carbons (Fsp3) is 0.438. The number of carboxylic acids is 1. The van der Waals surface area contributed by atoms with E-state index in [1.807, 2.05) is 24.3 Å². The van der Waals surface area contributed by atoms with Crippen LogP contribution < -0.4 is 10.1 Å². The van der Waals surface area contributed by atoms with Gasteiger partial charge in [-0.3, -0.25) is 9.69 Å². The van der Waals surface area contributed by atoms with Gasteiger partial charge in [-0.25, -0.2) is 0 Å². The summed E-state index contributed by atoms with van der Waals surface area (Å²) in [7, 11) is 1.63. The number of anilines is 2. The van der Waals surface area contributed by atoms with E-state index in [0.717, 1.165) is 35.8 Å². The van der Waals surface area contributed by atoms with E-state index in [2.05, 4.69) is 20.4 Å². The number of rotatable bonds is 6. The highest BCUT2D eigenvalue weighted by Gasteiger charge is 2.25. The van der Waals surface area contributed by atoms with Gasteiger partial charge in [-0.1, -0.05) is 17.4 Å². The van der Waals surface area contributed by atoms with Gasteiger partial charge >= 0.3 is 5.97 Å². The summed E-state index contributed by atoms with van der Waals surface area (Å²) in [4.78, 5) is 13.3. The van der Waals surface area contributed by atoms with Crippen molar-refractivity contribution in [3.05, 3.63) is 29.3 Å². The number of hydrogen-bond donors (Lipinski definition) is 2. The molecule has 1 aromatic heterocycles. The van der Waals surface area contributed by atoms with Crippen molar-refractivity contribution in [3.63, 3.8) is 0 Å². The number of methoxy groups -OCH3 is 1. The first-order valence-corrected chi connectivity index (χ1v) is 8.64. The fourth-order valence-electron chi connectivity index (χ4n) is 2.78. The zero-order valence-electron chi connectivity index (χ0n) is 13.4. The van der Waals surface area contributed by atoms with Gasteiger partial charge in [0.15, 0.2) is 0 Å². The molecule has 1 fully saturated rings. The predicted molar refractivity (Wildman–Crippen MR) is 91.8 cm³/mol. The van der Waals surface area contributed by atoms with E-state index in [1.165, 1.54) is 11.3 Å². The first-order valence-electron chi connectivity index (χ1n) is 7.82. The second-order valence-corrected chi connectivity index (χ2v) is 6.83.